The molecule has 0 unspecified atom stereocenters. The van der Waals surface area contributed by atoms with Crippen molar-refractivity contribution in [3.63, 3.8) is 0 Å². The van der Waals surface area contributed by atoms with E-state index in [9.17, 15) is 0 Å². The fraction of sp³-hybridized carbons (Fsp3) is 0.250. The highest BCUT2D eigenvalue weighted by atomic mass is 15.2. The summed E-state index contributed by atoms with van der Waals surface area (Å²) in [6.45, 7) is 5.50. The van der Waals surface area contributed by atoms with Crippen molar-refractivity contribution in [1.29, 1.82) is 0 Å². The molecule has 0 bridgehead atoms. The zero-order valence-corrected chi connectivity index (χ0v) is 17.9. The maximum absolute atomic E-state index is 4.56. The SMILES string of the molecule is Cc1c(C)n(Cc2ccccc2)c2ncnc(N=NCc3ccc(N(C)C)cc3)c12. The summed E-state index contributed by atoms with van der Waals surface area (Å²) in [4.78, 5) is 11.0. The molecule has 0 radical (unpaired) electrons. The minimum absolute atomic E-state index is 0.516. The van der Waals surface area contributed by atoms with E-state index in [2.05, 4.69) is 92.0 Å². The Balaban J connectivity index is 1.62. The van der Waals surface area contributed by atoms with Crippen molar-refractivity contribution >= 4 is 22.5 Å². The van der Waals surface area contributed by atoms with Gasteiger partial charge in [0.25, 0.3) is 0 Å². The molecule has 0 saturated carbocycles. The largest absolute Gasteiger partial charge is 0.378 e. The summed E-state index contributed by atoms with van der Waals surface area (Å²) < 4.78 is 2.22. The minimum atomic E-state index is 0.516. The standard InChI is InChI=1S/C24H26N6/c1-17-18(2)30(15-20-8-6-5-7-9-20)24-22(17)23(25-16-26-24)28-27-14-19-10-12-21(13-11-19)29(3)4/h5-13,16H,14-15H2,1-4H3. The van der Waals surface area contributed by atoms with Gasteiger partial charge in [-0.25, -0.2) is 9.97 Å². The second-order valence-electron chi connectivity index (χ2n) is 7.64. The molecular formula is C24H26N6. The highest BCUT2D eigenvalue weighted by Crippen LogP contribution is 2.31. The van der Waals surface area contributed by atoms with Crippen LogP contribution < -0.4 is 4.90 Å². The van der Waals surface area contributed by atoms with Gasteiger partial charge < -0.3 is 9.47 Å². The third kappa shape index (κ3) is 3.94. The lowest BCUT2D eigenvalue weighted by atomic mass is 10.2. The van der Waals surface area contributed by atoms with Crippen LogP contribution >= 0.6 is 0 Å². The molecule has 0 aliphatic rings. The van der Waals surface area contributed by atoms with Gasteiger partial charge in [0.2, 0.25) is 0 Å². The van der Waals surface area contributed by atoms with E-state index in [1.165, 1.54) is 16.9 Å². The summed E-state index contributed by atoms with van der Waals surface area (Å²) in [6.07, 6.45) is 1.57. The van der Waals surface area contributed by atoms with Gasteiger partial charge in [-0.05, 0) is 42.7 Å². The summed E-state index contributed by atoms with van der Waals surface area (Å²) in [5, 5.41) is 9.84. The highest BCUT2D eigenvalue weighted by Gasteiger charge is 2.16. The molecule has 30 heavy (non-hydrogen) atoms. The molecule has 0 saturated heterocycles. The molecule has 0 fully saturated rings. The van der Waals surface area contributed by atoms with Gasteiger partial charge in [-0.2, -0.15) is 5.11 Å². The normalized spacial score (nSPS) is 11.5. The lowest BCUT2D eigenvalue weighted by Gasteiger charge is -2.11. The lowest BCUT2D eigenvalue weighted by Crippen LogP contribution is -2.08. The zero-order valence-electron chi connectivity index (χ0n) is 17.9. The molecule has 0 N–H and O–H groups in total. The first-order chi connectivity index (χ1) is 14.5. The molecular weight excluding hydrogens is 372 g/mol. The number of rotatable bonds is 6. The first-order valence-electron chi connectivity index (χ1n) is 10.0. The molecule has 0 aliphatic heterocycles. The third-order valence-corrected chi connectivity index (χ3v) is 5.44. The van der Waals surface area contributed by atoms with E-state index in [0.717, 1.165) is 28.7 Å². The number of nitrogens with zero attached hydrogens (tertiary/aromatic N) is 6. The predicted octanol–water partition coefficient (Wildman–Crippen LogP) is 5.45. The van der Waals surface area contributed by atoms with Crippen LogP contribution in [0.15, 0.2) is 71.2 Å². The number of aromatic nitrogens is 3. The van der Waals surface area contributed by atoms with E-state index in [1.807, 2.05) is 20.2 Å². The molecule has 6 nitrogen and oxygen atoms in total. The molecule has 2 aromatic carbocycles. The quantitative estimate of drug-likeness (QED) is 0.406. The van der Waals surface area contributed by atoms with Gasteiger partial charge in [-0.15, -0.1) is 5.11 Å². The summed E-state index contributed by atoms with van der Waals surface area (Å²) in [7, 11) is 4.06. The smallest absolute Gasteiger partial charge is 0.186 e. The van der Waals surface area contributed by atoms with Crippen LogP contribution in [-0.2, 0) is 13.1 Å². The average Bonchev–Trinajstić information content (AvgIpc) is 3.00. The Hall–Kier alpha value is -3.54. The van der Waals surface area contributed by atoms with Crippen molar-refractivity contribution in [1.82, 2.24) is 14.5 Å². The topological polar surface area (TPSA) is 58.7 Å². The van der Waals surface area contributed by atoms with Crippen molar-refractivity contribution in [2.45, 2.75) is 26.9 Å². The van der Waals surface area contributed by atoms with Crippen molar-refractivity contribution < 1.29 is 0 Å². The Morgan fingerprint density at radius 3 is 2.33 bits per heavy atom. The third-order valence-electron chi connectivity index (χ3n) is 5.44. The van der Waals surface area contributed by atoms with Crippen molar-refractivity contribution in [3.05, 3.63) is 83.3 Å². The van der Waals surface area contributed by atoms with E-state index in [1.54, 1.807) is 6.33 Å². The van der Waals surface area contributed by atoms with Crippen LogP contribution in [-0.4, -0.2) is 28.6 Å². The first-order valence-corrected chi connectivity index (χ1v) is 10.0. The summed E-state index contributed by atoms with van der Waals surface area (Å²) in [6, 6.07) is 18.7. The molecule has 152 valence electrons. The summed E-state index contributed by atoms with van der Waals surface area (Å²) in [5.74, 6) is 0.623. The Kier molecular flexibility index (Phi) is 5.57. The van der Waals surface area contributed by atoms with Crippen molar-refractivity contribution in [2.24, 2.45) is 10.2 Å². The number of hydrogen-bond donors (Lipinski definition) is 0. The van der Waals surface area contributed by atoms with E-state index < -0.39 is 0 Å². The van der Waals surface area contributed by atoms with E-state index in [4.69, 9.17) is 0 Å². The molecule has 4 aromatic rings. The van der Waals surface area contributed by atoms with Gasteiger partial charge in [0.05, 0.1) is 11.9 Å². The Bertz CT molecular complexity index is 1170. The molecule has 2 heterocycles. The van der Waals surface area contributed by atoms with Crippen molar-refractivity contribution in [3.8, 4) is 0 Å². The molecule has 0 atom stereocenters. The van der Waals surface area contributed by atoms with Crippen molar-refractivity contribution in [2.75, 3.05) is 19.0 Å². The van der Waals surface area contributed by atoms with Gasteiger partial charge in [-0.1, -0.05) is 42.5 Å². The maximum atomic E-state index is 4.56. The molecule has 0 spiro atoms. The number of benzene rings is 2. The zero-order chi connectivity index (χ0) is 21.1. The Morgan fingerprint density at radius 1 is 0.900 bits per heavy atom. The first kappa shape index (κ1) is 19.8. The second kappa shape index (κ2) is 8.45. The second-order valence-corrected chi connectivity index (χ2v) is 7.64. The number of anilines is 1. The van der Waals surface area contributed by atoms with Crippen LogP contribution in [0.4, 0.5) is 11.5 Å². The summed E-state index contributed by atoms with van der Waals surface area (Å²) >= 11 is 0. The number of fused-ring (bicyclic) bond motifs is 1. The summed E-state index contributed by atoms with van der Waals surface area (Å²) in [5.41, 5.74) is 6.73. The molecule has 0 aliphatic carbocycles. The monoisotopic (exact) mass is 398 g/mol. The van der Waals surface area contributed by atoms with Gasteiger partial charge in [0.1, 0.15) is 12.0 Å². The maximum Gasteiger partial charge on any atom is 0.186 e. The number of azo groups is 1. The van der Waals surface area contributed by atoms with Crippen LogP contribution in [0.1, 0.15) is 22.4 Å². The molecule has 4 rings (SSSR count). The van der Waals surface area contributed by atoms with Gasteiger partial charge >= 0.3 is 0 Å². The average molecular weight is 399 g/mol. The van der Waals surface area contributed by atoms with Gasteiger partial charge in [0, 0.05) is 32.0 Å². The van der Waals surface area contributed by atoms with E-state index in [-0.39, 0.29) is 0 Å². The lowest BCUT2D eigenvalue weighted by molar-refractivity contribution is 0.790. The number of hydrogen-bond acceptors (Lipinski definition) is 5. The fourth-order valence-electron chi connectivity index (χ4n) is 3.57. The van der Waals surface area contributed by atoms with Crippen LogP contribution in [0.3, 0.4) is 0 Å². The Labute approximate surface area is 176 Å². The Morgan fingerprint density at radius 2 is 1.63 bits per heavy atom. The van der Waals surface area contributed by atoms with E-state index in [0.29, 0.717) is 12.4 Å². The van der Waals surface area contributed by atoms with Crippen LogP contribution in [0, 0.1) is 13.8 Å². The minimum Gasteiger partial charge on any atom is -0.378 e. The molecule has 2 aromatic heterocycles. The van der Waals surface area contributed by atoms with Gasteiger partial charge in [-0.3, -0.25) is 0 Å². The molecule has 0 amide bonds. The van der Waals surface area contributed by atoms with E-state index >= 15 is 0 Å². The highest BCUT2D eigenvalue weighted by molar-refractivity contribution is 5.90. The number of aryl methyl sites for hydroxylation is 1. The van der Waals surface area contributed by atoms with Gasteiger partial charge in [0.15, 0.2) is 5.82 Å². The predicted molar refractivity (Wildman–Crippen MR) is 122 cm³/mol. The van der Waals surface area contributed by atoms with Crippen LogP contribution in [0.5, 0.6) is 0 Å². The van der Waals surface area contributed by atoms with Crippen LogP contribution in [0.2, 0.25) is 0 Å². The van der Waals surface area contributed by atoms with Crippen LogP contribution in [0.25, 0.3) is 11.0 Å². The fourth-order valence-corrected chi connectivity index (χ4v) is 3.57. The molecule has 6 heteroatoms.